The lowest BCUT2D eigenvalue weighted by Crippen LogP contribution is -2.40. The Hall–Kier alpha value is -2.67. The summed E-state index contributed by atoms with van der Waals surface area (Å²) < 4.78 is 3.46. The van der Waals surface area contributed by atoms with Crippen molar-refractivity contribution in [2.24, 2.45) is 0 Å². The third kappa shape index (κ3) is 3.35. The number of rotatable bonds is 6. The highest BCUT2D eigenvalue weighted by Gasteiger charge is 2.23. The fraction of sp³-hybridized carbons (Fsp3) is 0.450. The number of aryl methyl sites for hydroxylation is 1. The first-order valence-electron chi connectivity index (χ1n) is 9.64. The summed E-state index contributed by atoms with van der Waals surface area (Å²) in [7, 11) is 0. The van der Waals surface area contributed by atoms with Gasteiger partial charge in [0.2, 0.25) is 5.91 Å². The van der Waals surface area contributed by atoms with Gasteiger partial charge in [0.15, 0.2) is 5.65 Å². The van der Waals surface area contributed by atoms with Gasteiger partial charge in [0.25, 0.3) is 5.56 Å². The number of pyridine rings is 1. The van der Waals surface area contributed by atoms with Crippen molar-refractivity contribution >= 4 is 22.6 Å². The molecule has 1 aliphatic rings. The van der Waals surface area contributed by atoms with Crippen LogP contribution in [0.2, 0.25) is 0 Å². The minimum atomic E-state index is -0.119. The second-order valence-electron chi connectivity index (χ2n) is 7.05. The zero-order valence-electron chi connectivity index (χ0n) is 15.6. The van der Waals surface area contributed by atoms with Gasteiger partial charge in [0.1, 0.15) is 5.52 Å². The second kappa shape index (κ2) is 7.52. The van der Waals surface area contributed by atoms with Crippen molar-refractivity contribution in [3.8, 4) is 0 Å². The van der Waals surface area contributed by atoms with E-state index in [0.29, 0.717) is 30.3 Å². The van der Waals surface area contributed by atoms with Gasteiger partial charge in [-0.1, -0.05) is 6.92 Å². The summed E-state index contributed by atoms with van der Waals surface area (Å²) in [5, 5.41) is 3.04. The van der Waals surface area contributed by atoms with Crippen molar-refractivity contribution in [1.82, 2.24) is 24.2 Å². The van der Waals surface area contributed by atoms with Gasteiger partial charge in [-0.3, -0.25) is 19.1 Å². The summed E-state index contributed by atoms with van der Waals surface area (Å²) in [6, 6.07) is 7.86. The third-order valence-corrected chi connectivity index (χ3v) is 5.50. The number of likely N-dealkylation sites (tertiary alicyclic amines) is 1. The maximum Gasteiger partial charge on any atom is 0.276 e. The Morgan fingerprint density at radius 2 is 2.15 bits per heavy atom. The van der Waals surface area contributed by atoms with Crippen LogP contribution >= 0.6 is 0 Å². The van der Waals surface area contributed by atoms with Crippen LogP contribution in [0.5, 0.6) is 0 Å². The molecule has 1 N–H and O–H groups in total. The Bertz CT molecular complexity index is 1020. The molecule has 1 saturated heterocycles. The molecule has 0 bridgehead atoms. The quantitative estimate of drug-likeness (QED) is 0.719. The summed E-state index contributed by atoms with van der Waals surface area (Å²) in [4.78, 5) is 32.0. The molecular weight excluding hydrogens is 342 g/mol. The highest BCUT2D eigenvalue weighted by molar-refractivity contribution is 5.77. The zero-order valence-corrected chi connectivity index (χ0v) is 15.6. The summed E-state index contributed by atoms with van der Waals surface area (Å²) in [6.45, 7) is 5.29. The number of carbonyl (C=O) groups is 1. The van der Waals surface area contributed by atoms with Crippen LogP contribution in [0.1, 0.15) is 26.2 Å². The molecule has 7 heteroatoms. The first-order chi connectivity index (χ1) is 13.2. The molecule has 1 fully saturated rings. The van der Waals surface area contributed by atoms with Gasteiger partial charge in [0.05, 0.1) is 5.52 Å². The Kier molecular flexibility index (Phi) is 4.94. The molecule has 1 atom stereocenters. The lowest BCUT2D eigenvalue weighted by molar-refractivity contribution is -0.121. The fourth-order valence-corrected chi connectivity index (χ4v) is 4.07. The highest BCUT2D eigenvalue weighted by atomic mass is 16.2. The maximum atomic E-state index is 12.8. The number of aromatic nitrogens is 3. The topological polar surface area (TPSA) is 71.6 Å². The average Bonchev–Trinajstić information content (AvgIpc) is 3.35. The number of nitrogens with one attached hydrogen (secondary N) is 1. The molecule has 4 heterocycles. The molecule has 0 saturated carbocycles. The molecule has 0 spiro atoms. The van der Waals surface area contributed by atoms with E-state index in [4.69, 9.17) is 0 Å². The van der Waals surface area contributed by atoms with Crippen molar-refractivity contribution in [3.05, 3.63) is 47.0 Å². The average molecular weight is 367 g/mol. The molecule has 0 aliphatic carbocycles. The monoisotopic (exact) mass is 367 g/mol. The maximum absolute atomic E-state index is 12.8. The van der Waals surface area contributed by atoms with Crippen LogP contribution in [0.15, 0.2) is 41.5 Å². The van der Waals surface area contributed by atoms with Gasteiger partial charge in [-0.25, -0.2) is 4.98 Å². The number of hydrogen-bond donors (Lipinski definition) is 1. The van der Waals surface area contributed by atoms with Crippen LogP contribution in [0.25, 0.3) is 16.7 Å². The summed E-state index contributed by atoms with van der Waals surface area (Å²) in [6.07, 6.45) is 6.12. The Morgan fingerprint density at radius 3 is 3.00 bits per heavy atom. The van der Waals surface area contributed by atoms with Gasteiger partial charge in [-0.15, -0.1) is 0 Å². The van der Waals surface area contributed by atoms with Crippen LogP contribution in [0.3, 0.4) is 0 Å². The molecule has 0 radical (unpaired) electrons. The number of carbonyl (C=O) groups excluding carboxylic acids is 1. The predicted molar refractivity (Wildman–Crippen MR) is 105 cm³/mol. The summed E-state index contributed by atoms with van der Waals surface area (Å²) >= 11 is 0. The van der Waals surface area contributed by atoms with Crippen molar-refractivity contribution in [2.75, 3.05) is 19.6 Å². The minimum absolute atomic E-state index is 0.0239. The summed E-state index contributed by atoms with van der Waals surface area (Å²) in [5.74, 6) is -0.0239. The van der Waals surface area contributed by atoms with E-state index in [1.165, 1.54) is 6.42 Å². The lowest BCUT2D eigenvalue weighted by atomic mass is 10.2. The molecule has 1 aliphatic heterocycles. The first kappa shape index (κ1) is 17.7. The van der Waals surface area contributed by atoms with Gasteiger partial charge < -0.3 is 9.72 Å². The van der Waals surface area contributed by atoms with Crippen molar-refractivity contribution in [1.29, 1.82) is 0 Å². The molecule has 27 heavy (non-hydrogen) atoms. The van der Waals surface area contributed by atoms with Crippen LogP contribution in [0.4, 0.5) is 0 Å². The van der Waals surface area contributed by atoms with Crippen LogP contribution < -0.4 is 10.9 Å². The van der Waals surface area contributed by atoms with E-state index in [1.54, 1.807) is 16.8 Å². The van der Waals surface area contributed by atoms with E-state index in [1.807, 2.05) is 28.8 Å². The number of amides is 1. The van der Waals surface area contributed by atoms with Crippen LogP contribution in [0, 0.1) is 0 Å². The van der Waals surface area contributed by atoms with E-state index in [2.05, 4.69) is 22.1 Å². The van der Waals surface area contributed by atoms with E-state index in [0.717, 1.165) is 25.0 Å². The molecule has 142 valence electrons. The molecule has 1 unspecified atom stereocenters. The molecule has 1 amide bonds. The fourth-order valence-electron chi connectivity index (χ4n) is 4.07. The number of fused-ring (bicyclic) bond motifs is 3. The number of likely N-dealkylation sites (N-methyl/N-ethyl adjacent to an activating group) is 1. The van der Waals surface area contributed by atoms with Crippen LogP contribution in [-0.4, -0.2) is 50.4 Å². The van der Waals surface area contributed by atoms with E-state index >= 15 is 0 Å². The van der Waals surface area contributed by atoms with Gasteiger partial charge in [0, 0.05) is 37.9 Å². The molecule has 4 rings (SSSR count). The van der Waals surface area contributed by atoms with Crippen LogP contribution in [-0.2, 0) is 11.3 Å². The molecule has 3 aromatic rings. The molecule has 3 aromatic heterocycles. The highest BCUT2D eigenvalue weighted by Crippen LogP contribution is 2.16. The zero-order chi connectivity index (χ0) is 18.8. The predicted octanol–water partition coefficient (Wildman–Crippen LogP) is 1.64. The standard InChI is InChI=1S/C20H25N5O2/c1-2-23-11-4-6-15(23)14-22-18(26)9-13-25-19-16(7-3-10-21-19)24-12-5-8-17(24)20(25)27/h3,5,7-8,10,12,15H,2,4,6,9,11,13-14H2,1H3,(H,22,26). The van der Waals surface area contributed by atoms with Gasteiger partial charge in [-0.05, 0) is 50.2 Å². The number of hydrogen-bond acceptors (Lipinski definition) is 4. The number of nitrogens with zero attached hydrogens (tertiary/aromatic N) is 4. The van der Waals surface area contributed by atoms with E-state index < -0.39 is 0 Å². The normalized spacial score (nSPS) is 17.7. The van der Waals surface area contributed by atoms with Crippen molar-refractivity contribution in [2.45, 2.75) is 38.8 Å². The van der Waals surface area contributed by atoms with Crippen molar-refractivity contribution in [3.63, 3.8) is 0 Å². The third-order valence-electron chi connectivity index (χ3n) is 5.50. The Labute approximate surface area is 157 Å². The van der Waals surface area contributed by atoms with Gasteiger partial charge in [-0.2, -0.15) is 0 Å². The smallest absolute Gasteiger partial charge is 0.276 e. The lowest BCUT2D eigenvalue weighted by Gasteiger charge is -2.22. The van der Waals surface area contributed by atoms with Gasteiger partial charge >= 0.3 is 0 Å². The largest absolute Gasteiger partial charge is 0.354 e. The second-order valence-corrected chi connectivity index (χ2v) is 7.05. The Balaban J connectivity index is 1.49. The first-order valence-corrected chi connectivity index (χ1v) is 9.64. The van der Waals surface area contributed by atoms with E-state index in [9.17, 15) is 9.59 Å². The molecule has 7 nitrogen and oxygen atoms in total. The van der Waals surface area contributed by atoms with E-state index in [-0.39, 0.29) is 17.9 Å². The minimum Gasteiger partial charge on any atom is -0.354 e. The molecule has 0 aromatic carbocycles. The SMILES string of the molecule is CCN1CCCC1CNC(=O)CCn1c(=O)c2cccn2c2cccnc21. The van der Waals surface area contributed by atoms with Crippen molar-refractivity contribution < 1.29 is 4.79 Å². The molecular formula is C20H25N5O2. The summed E-state index contributed by atoms with van der Waals surface area (Å²) in [5.41, 5.74) is 1.95. The Morgan fingerprint density at radius 1 is 1.30 bits per heavy atom.